The molecule has 0 rings (SSSR count). The quantitative estimate of drug-likeness (QED) is 0.0222. The van der Waals surface area contributed by atoms with Crippen molar-refractivity contribution in [2.45, 2.75) is 433 Å². The summed E-state index contributed by atoms with van der Waals surface area (Å²) in [7, 11) is -9.92. The number of phosphoric acid groups is 2. The molecule has 7 atom stereocenters. The fourth-order valence-electron chi connectivity index (χ4n) is 12.4. The molecule has 3 N–H and O–H groups in total. The van der Waals surface area contributed by atoms with E-state index in [2.05, 4.69) is 55.4 Å². The zero-order valence-electron chi connectivity index (χ0n) is 65.8. The molecule has 17 nitrogen and oxygen atoms in total. The van der Waals surface area contributed by atoms with Crippen LogP contribution in [0.2, 0.25) is 0 Å². The monoisotopic (exact) mass is 1470 g/mol. The van der Waals surface area contributed by atoms with Gasteiger partial charge in [0.1, 0.15) is 19.3 Å². The van der Waals surface area contributed by atoms with Crippen molar-refractivity contribution in [2.75, 3.05) is 39.6 Å². The van der Waals surface area contributed by atoms with Crippen molar-refractivity contribution in [3.63, 3.8) is 0 Å². The fourth-order valence-corrected chi connectivity index (χ4v) is 13.9. The highest BCUT2D eigenvalue weighted by molar-refractivity contribution is 7.47. The second-order valence-electron chi connectivity index (χ2n) is 30.6. The fraction of sp³-hybridized carbons (Fsp3) is 0.951. The van der Waals surface area contributed by atoms with Crippen LogP contribution in [-0.4, -0.2) is 96.7 Å². The van der Waals surface area contributed by atoms with Gasteiger partial charge in [0.25, 0.3) is 0 Å². The van der Waals surface area contributed by atoms with Crippen LogP contribution >= 0.6 is 15.6 Å². The van der Waals surface area contributed by atoms with E-state index in [-0.39, 0.29) is 25.7 Å². The standard InChI is InChI=1S/C81H158O17P2/c1-9-73(7)59-51-43-35-29-25-21-17-13-11-12-14-18-23-27-31-37-47-55-63-80(85)97-77(68-92-79(84)62-54-46-40-39-44-52-60-74(8)10-2)70-96-100(89,90)94-66-75(82)65-93-99(87,88)95-69-76(98-81(86)64-56-48-38-32-34-42-50-58-72(5)6)67-91-78(83)61-53-45-36-30-26-22-19-15-16-20-24-28-33-41-49-57-71(3)4/h71-77,82H,9-70H2,1-8H3,(H,87,88)(H,89,90)/t73?,74?,75-,76-,77-/m1/s1. The van der Waals surface area contributed by atoms with Gasteiger partial charge in [0.2, 0.25) is 0 Å². The van der Waals surface area contributed by atoms with Crippen LogP contribution in [0.5, 0.6) is 0 Å². The largest absolute Gasteiger partial charge is 0.472 e. The van der Waals surface area contributed by atoms with Gasteiger partial charge in [0.05, 0.1) is 26.4 Å². The number of carbonyl (C=O) groups is 4. The second kappa shape index (κ2) is 70.1. The molecule has 0 fully saturated rings. The summed E-state index contributed by atoms with van der Waals surface area (Å²) in [5.74, 6) is 0.985. The number of aliphatic hydroxyl groups is 1. The van der Waals surface area contributed by atoms with E-state index < -0.39 is 97.5 Å². The van der Waals surface area contributed by atoms with Crippen LogP contribution < -0.4 is 0 Å². The molecule has 0 aliphatic carbocycles. The molecule has 0 spiro atoms. The number of hydrogen-bond donors (Lipinski definition) is 3. The average molecular weight is 1470 g/mol. The maximum absolute atomic E-state index is 13.1. The summed E-state index contributed by atoms with van der Waals surface area (Å²) in [5, 5.41) is 10.6. The van der Waals surface area contributed by atoms with Gasteiger partial charge in [0, 0.05) is 25.7 Å². The molecule has 0 aliphatic heterocycles. The molecule has 0 aliphatic rings. The number of ether oxygens (including phenoxy) is 4. The summed E-state index contributed by atoms with van der Waals surface area (Å²) >= 11 is 0. The maximum atomic E-state index is 13.1. The topological polar surface area (TPSA) is 237 Å². The van der Waals surface area contributed by atoms with E-state index in [0.717, 1.165) is 114 Å². The number of unbranched alkanes of at least 4 members (excludes halogenated alkanes) is 42. The van der Waals surface area contributed by atoms with E-state index in [4.69, 9.17) is 37.0 Å². The number of hydrogen-bond acceptors (Lipinski definition) is 15. The van der Waals surface area contributed by atoms with Gasteiger partial charge in [0.15, 0.2) is 12.2 Å². The van der Waals surface area contributed by atoms with Gasteiger partial charge < -0.3 is 33.8 Å². The Morgan fingerprint density at radius 3 is 0.710 bits per heavy atom. The minimum absolute atomic E-state index is 0.103. The summed E-state index contributed by atoms with van der Waals surface area (Å²) in [6, 6.07) is 0. The highest BCUT2D eigenvalue weighted by Gasteiger charge is 2.30. The number of phosphoric ester groups is 2. The van der Waals surface area contributed by atoms with Crippen LogP contribution in [0.15, 0.2) is 0 Å². The first-order valence-electron chi connectivity index (χ1n) is 41.8. The molecule has 0 saturated heterocycles. The Balaban J connectivity index is 5.14. The first kappa shape index (κ1) is 98.1. The molecule has 0 saturated carbocycles. The average Bonchev–Trinajstić information content (AvgIpc) is 0.939. The Bertz CT molecular complexity index is 1960. The van der Waals surface area contributed by atoms with Crippen molar-refractivity contribution in [1.29, 1.82) is 0 Å². The third kappa shape index (κ3) is 71.7. The summed E-state index contributed by atoms with van der Waals surface area (Å²) in [6.07, 6.45) is 57.2. The highest BCUT2D eigenvalue weighted by Crippen LogP contribution is 2.45. The first-order chi connectivity index (χ1) is 48.2. The van der Waals surface area contributed by atoms with Crippen LogP contribution in [0.4, 0.5) is 0 Å². The summed E-state index contributed by atoms with van der Waals surface area (Å²) < 4.78 is 68.6. The Labute approximate surface area is 613 Å². The molecule has 0 aromatic carbocycles. The van der Waals surface area contributed by atoms with Crippen molar-refractivity contribution in [3.05, 3.63) is 0 Å². The number of esters is 4. The molecular formula is C81H158O17P2. The summed E-state index contributed by atoms with van der Waals surface area (Å²) in [4.78, 5) is 72.9. The van der Waals surface area contributed by atoms with Crippen LogP contribution in [-0.2, 0) is 65.4 Å². The Morgan fingerprint density at radius 1 is 0.280 bits per heavy atom. The van der Waals surface area contributed by atoms with Crippen molar-refractivity contribution < 1.29 is 80.2 Å². The molecule has 0 bridgehead atoms. The van der Waals surface area contributed by atoms with Gasteiger partial charge >= 0.3 is 39.5 Å². The molecule has 0 aromatic rings. The van der Waals surface area contributed by atoms with Gasteiger partial charge in [-0.05, 0) is 49.4 Å². The van der Waals surface area contributed by atoms with Gasteiger partial charge in [-0.1, -0.05) is 364 Å². The molecule has 0 heterocycles. The van der Waals surface area contributed by atoms with E-state index in [1.807, 2.05) is 0 Å². The smallest absolute Gasteiger partial charge is 0.462 e. The lowest BCUT2D eigenvalue weighted by molar-refractivity contribution is -0.161. The van der Waals surface area contributed by atoms with Gasteiger partial charge in [-0.3, -0.25) is 37.3 Å². The van der Waals surface area contributed by atoms with Crippen molar-refractivity contribution in [3.8, 4) is 0 Å². The van der Waals surface area contributed by atoms with Crippen molar-refractivity contribution in [1.82, 2.24) is 0 Å². The van der Waals surface area contributed by atoms with E-state index in [0.29, 0.717) is 31.6 Å². The zero-order valence-corrected chi connectivity index (χ0v) is 67.6. The van der Waals surface area contributed by atoms with E-state index in [9.17, 15) is 43.2 Å². The third-order valence-corrected chi connectivity index (χ3v) is 21.4. The predicted octanol–water partition coefficient (Wildman–Crippen LogP) is 24.0. The van der Waals surface area contributed by atoms with Crippen LogP contribution in [0, 0.1) is 23.7 Å². The molecule has 0 aromatic heterocycles. The van der Waals surface area contributed by atoms with Crippen LogP contribution in [0.25, 0.3) is 0 Å². The van der Waals surface area contributed by atoms with Crippen molar-refractivity contribution >= 4 is 39.5 Å². The van der Waals surface area contributed by atoms with Crippen LogP contribution in [0.3, 0.4) is 0 Å². The molecule has 594 valence electrons. The molecule has 0 radical (unpaired) electrons. The number of rotatable bonds is 78. The lowest BCUT2D eigenvalue weighted by Crippen LogP contribution is -2.30. The summed E-state index contributed by atoms with van der Waals surface area (Å²) in [6.45, 7) is 14.2. The minimum Gasteiger partial charge on any atom is -0.462 e. The van der Waals surface area contributed by atoms with Gasteiger partial charge in [-0.15, -0.1) is 0 Å². The highest BCUT2D eigenvalue weighted by atomic mass is 31.2. The van der Waals surface area contributed by atoms with Crippen molar-refractivity contribution in [2.24, 2.45) is 23.7 Å². The number of carbonyl (C=O) groups excluding carboxylic acids is 4. The van der Waals surface area contributed by atoms with E-state index in [1.54, 1.807) is 0 Å². The normalized spacial score (nSPS) is 14.6. The Morgan fingerprint density at radius 2 is 0.480 bits per heavy atom. The summed E-state index contributed by atoms with van der Waals surface area (Å²) in [5.41, 5.74) is 0. The second-order valence-corrected chi connectivity index (χ2v) is 33.5. The minimum atomic E-state index is -4.96. The maximum Gasteiger partial charge on any atom is 0.472 e. The lowest BCUT2D eigenvalue weighted by Gasteiger charge is -2.21. The predicted molar refractivity (Wildman–Crippen MR) is 409 cm³/mol. The first-order valence-corrected chi connectivity index (χ1v) is 44.8. The molecule has 19 heteroatoms. The molecular weight excluding hydrogens is 1310 g/mol. The van der Waals surface area contributed by atoms with Gasteiger partial charge in [-0.25, -0.2) is 9.13 Å². The number of aliphatic hydroxyl groups excluding tert-OH is 1. The van der Waals surface area contributed by atoms with E-state index >= 15 is 0 Å². The Kier molecular flexibility index (Phi) is 68.7. The molecule has 4 unspecified atom stereocenters. The van der Waals surface area contributed by atoms with Crippen LogP contribution in [0.1, 0.15) is 415 Å². The van der Waals surface area contributed by atoms with Gasteiger partial charge in [-0.2, -0.15) is 0 Å². The molecule has 100 heavy (non-hydrogen) atoms. The molecule has 0 amide bonds. The SMILES string of the molecule is CCC(C)CCCCCCCCCCCCCCCCCCCCC(=O)O[C@H](COC(=O)CCCCCCCCC(C)CC)COP(=O)(O)OC[C@H](O)COP(=O)(O)OC[C@@H](COC(=O)CCCCCCCCCCCCCCCCCC(C)C)OC(=O)CCCCCCCCCC(C)C. The third-order valence-electron chi connectivity index (χ3n) is 19.5. The lowest BCUT2D eigenvalue weighted by atomic mass is 9.99. The Hall–Kier alpha value is -1.94. The zero-order chi connectivity index (χ0) is 73.8. The van der Waals surface area contributed by atoms with E-state index in [1.165, 1.54) is 212 Å².